The molecule has 1 N–H and O–H groups in total. The van der Waals surface area contributed by atoms with E-state index in [0.717, 1.165) is 18.5 Å². The largest absolute Gasteiger partial charge is 0.472 e. The van der Waals surface area contributed by atoms with Crippen LogP contribution < -0.4 is 5.32 Å². The Morgan fingerprint density at radius 1 is 1.47 bits per heavy atom. The number of rotatable bonds is 4. The first-order valence-corrected chi connectivity index (χ1v) is 5.48. The minimum atomic E-state index is 0.171. The summed E-state index contributed by atoms with van der Waals surface area (Å²) in [5.74, 6) is 0. The molecule has 0 spiro atoms. The molecule has 0 saturated heterocycles. The number of furan rings is 1. The van der Waals surface area contributed by atoms with E-state index in [9.17, 15) is 0 Å². The van der Waals surface area contributed by atoms with Crippen LogP contribution >= 0.6 is 0 Å². The zero-order valence-electron chi connectivity index (χ0n) is 10.1. The summed E-state index contributed by atoms with van der Waals surface area (Å²) in [6.45, 7) is 9.65. The van der Waals surface area contributed by atoms with Crippen LogP contribution in [0, 0.1) is 0 Å². The molecule has 84 valence electrons. The van der Waals surface area contributed by atoms with E-state index in [1.165, 1.54) is 5.57 Å². The summed E-state index contributed by atoms with van der Waals surface area (Å²) in [5, 5.41) is 3.49. The van der Waals surface area contributed by atoms with Crippen LogP contribution in [0.1, 0.15) is 39.7 Å². The zero-order valence-corrected chi connectivity index (χ0v) is 10.1. The fraction of sp³-hybridized carbons (Fsp3) is 0.538. The molecule has 15 heavy (non-hydrogen) atoms. The molecule has 0 amide bonds. The smallest absolute Gasteiger partial charge is 0.0974 e. The van der Waals surface area contributed by atoms with Crippen molar-refractivity contribution in [2.75, 3.05) is 6.54 Å². The lowest BCUT2D eigenvalue weighted by atomic mass is 10.1. The Balaban J connectivity index is 2.57. The summed E-state index contributed by atoms with van der Waals surface area (Å²) in [4.78, 5) is 0. The fourth-order valence-corrected chi connectivity index (χ4v) is 1.25. The van der Waals surface area contributed by atoms with Crippen LogP contribution in [-0.2, 0) is 0 Å². The molecule has 1 aromatic rings. The van der Waals surface area contributed by atoms with E-state index in [0.29, 0.717) is 0 Å². The Labute approximate surface area is 92.4 Å². The molecule has 0 aromatic carbocycles. The topological polar surface area (TPSA) is 25.2 Å². The molecule has 0 bridgehead atoms. The predicted molar refractivity (Wildman–Crippen MR) is 64.7 cm³/mol. The number of nitrogens with one attached hydrogen (secondary N) is 1. The first-order valence-electron chi connectivity index (χ1n) is 5.48. The van der Waals surface area contributed by atoms with E-state index in [-0.39, 0.29) is 5.54 Å². The Hall–Kier alpha value is -1.02. The summed E-state index contributed by atoms with van der Waals surface area (Å²) in [5.41, 5.74) is 2.71. The molecule has 0 fully saturated rings. The third-order valence-corrected chi connectivity index (χ3v) is 2.21. The fourth-order valence-electron chi connectivity index (χ4n) is 1.25. The van der Waals surface area contributed by atoms with Gasteiger partial charge in [0, 0.05) is 17.6 Å². The van der Waals surface area contributed by atoms with E-state index >= 15 is 0 Å². The van der Waals surface area contributed by atoms with Gasteiger partial charge in [-0.3, -0.25) is 0 Å². The van der Waals surface area contributed by atoms with Crippen molar-refractivity contribution in [2.24, 2.45) is 0 Å². The molecule has 0 radical (unpaired) electrons. The minimum Gasteiger partial charge on any atom is -0.472 e. The van der Waals surface area contributed by atoms with E-state index in [4.69, 9.17) is 4.42 Å². The maximum absolute atomic E-state index is 5.04. The van der Waals surface area contributed by atoms with Crippen molar-refractivity contribution in [2.45, 2.75) is 39.7 Å². The van der Waals surface area contributed by atoms with Gasteiger partial charge in [-0.05, 0) is 33.3 Å². The summed E-state index contributed by atoms with van der Waals surface area (Å²) in [6.07, 6.45) is 6.72. The van der Waals surface area contributed by atoms with E-state index in [2.05, 4.69) is 39.1 Å². The molecule has 0 saturated carbocycles. The first kappa shape index (κ1) is 12.1. The minimum absolute atomic E-state index is 0.171. The molecule has 0 unspecified atom stereocenters. The average Bonchev–Trinajstić information content (AvgIpc) is 2.63. The molecule has 0 aliphatic carbocycles. The van der Waals surface area contributed by atoms with Gasteiger partial charge in [-0.15, -0.1) is 0 Å². The van der Waals surface area contributed by atoms with Gasteiger partial charge in [0.05, 0.1) is 12.5 Å². The normalized spacial score (nSPS) is 13.2. The first-order chi connectivity index (χ1) is 7.01. The summed E-state index contributed by atoms with van der Waals surface area (Å²) in [7, 11) is 0. The molecule has 1 rings (SSSR count). The molecule has 0 aliphatic heterocycles. The lowest BCUT2D eigenvalue weighted by Gasteiger charge is -2.21. The lowest BCUT2D eigenvalue weighted by Crippen LogP contribution is -2.36. The highest BCUT2D eigenvalue weighted by Crippen LogP contribution is 2.10. The van der Waals surface area contributed by atoms with Gasteiger partial charge in [-0.2, -0.15) is 0 Å². The molecule has 1 aromatic heterocycles. The quantitative estimate of drug-likeness (QED) is 0.818. The van der Waals surface area contributed by atoms with Crippen molar-refractivity contribution in [3.05, 3.63) is 29.7 Å². The second-order valence-corrected chi connectivity index (χ2v) is 4.82. The zero-order chi connectivity index (χ0) is 11.3. The molecule has 0 atom stereocenters. The van der Waals surface area contributed by atoms with Crippen molar-refractivity contribution >= 4 is 6.08 Å². The Morgan fingerprint density at radius 2 is 2.20 bits per heavy atom. The van der Waals surface area contributed by atoms with Crippen LogP contribution in [0.5, 0.6) is 0 Å². The summed E-state index contributed by atoms with van der Waals surface area (Å²) in [6, 6.07) is 1.98. The van der Waals surface area contributed by atoms with Crippen LogP contribution in [0.15, 0.2) is 28.6 Å². The highest BCUT2D eigenvalue weighted by Gasteiger charge is 2.08. The Bertz CT molecular complexity index is 304. The van der Waals surface area contributed by atoms with Crippen molar-refractivity contribution in [3.63, 3.8) is 0 Å². The summed E-state index contributed by atoms with van der Waals surface area (Å²) >= 11 is 0. The lowest BCUT2D eigenvalue weighted by molar-refractivity contribution is 0.443. The molecule has 0 aliphatic rings. The number of hydrogen-bond donors (Lipinski definition) is 1. The van der Waals surface area contributed by atoms with Crippen LogP contribution in [-0.4, -0.2) is 12.1 Å². The van der Waals surface area contributed by atoms with Gasteiger partial charge in [-0.25, -0.2) is 0 Å². The van der Waals surface area contributed by atoms with Gasteiger partial charge in [-0.1, -0.05) is 18.6 Å². The second-order valence-electron chi connectivity index (χ2n) is 4.82. The SMILES string of the molecule is CCC(=Cc1ccoc1)CNC(C)(C)C. The third-order valence-electron chi connectivity index (χ3n) is 2.21. The standard InChI is InChI=1S/C13H21NO/c1-5-11(9-14-13(2,3)4)8-12-6-7-15-10-12/h6-8,10,14H,5,9H2,1-4H3. The monoisotopic (exact) mass is 207 g/mol. The van der Waals surface area contributed by atoms with Crippen molar-refractivity contribution in [3.8, 4) is 0 Å². The van der Waals surface area contributed by atoms with Crippen LogP contribution in [0.4, 0.5) is 0 Å². The van der Waals surface area contributed by atoms with E-state index in [1.807, 2.05) is 6.07 Å². The van der Waals surface area contributed by atoms with Crippen LogP contribution in [0.3, 0.4) is 0 Å². The average molecular weight is 207 g/mol. The van der Waals surface area contributed by atoms with E-state index in [1.54, 1.807) is 12.5 Å². The van der Waals surface area contributed by atoms with Crippen molar-refractivity contribution in [1.82, 2.24) is 5.32 Å². The molecular weight excluding hydrogens is 186 g/mol. The van der Waals surface area contributed by atoms with Crippen molar-refractivity contribution in [1.29, 1.82) is 0 Å². The highest BCUT2D eigenvalue weighted by atomic mass is 16.3. The maximum atomic E-state index is 5.04. The molecule has 1 heterocycles. The summed E-state index contributed by atoms with van der Waals surface area (Å²) < 4.78 is 5.04. The van der Waals surface area contributed by atoms with Crippen molar-refractivity contribution < 1.29 is 4.42 Å². The number of hydrogen-bond acceptors (Lipinski definition) is 2. The van der Waals surface area contributed by atoms with Gasteiger partial charge < -0.3 is 9.73 Å². The van der Waals surface area contributed by atoms with Crippen LogP contribution in [0.2, 0.25) is 0 Å². The van der Waals surface area contributed by atoms with E-state index < -0.39 is 0 Å². The molecule has 2 heteroatoms. The Kier molecular flexibility index (Phi) is 4.15. The van der Waals surface area contributed by atoms with Gasteiger partial charge in [0.25, 0.3) is 0 Å². The predicted octanol–water partition coefficient (Wildman–Crippen LogP) is 3.46. The maximum Gasteiger partial charge on any atom is 0.0974 e. The van der Waals surface area contributed by atoms with Gasteiger partial charge >= 0.3 is 0 Å². The van der Waals surface area contributed by atoms with Gasteiger partial charge in [0.15, 0.2) is 0 Å². The van der Waals surface area contributed by atoms with Gasteiger partial charge in [0.2, 0.25) is 0 Å². The second kappa shape index (κ2) is 5.17. The molecular formula is C13H21NO. The third kappa shape index (κ3) is 4.84. The van der Waals surface area contributed by atoms with Gasteiger partial charge in [0.1, 0.15) is 0 Å². The van der Waals surface area contributed by atoms with Crippen LogP contribution in [0.25, 0.3) is 6.08 Å². The molecule has 2 nitrogen and oxygen atoms in total. The Morgan fingerprint density at radius 3 is 2.67 bits per heavy atom. The highest BCUT2D eigenvalue weighted by molar-refractivity contribution is 5.51.